The van der Waals surface area contributed by atoms with Gasteiger partial charge in [-0.05, 0) is 29.0 Å². The van der Waals surface area contributed by atoms with Crippen LogP contribution in [0.4, 0.5) is 0 Å². The molecule has 2 N–H and O–H groups in total. The molecule has 24 heavy (non-hydrogen) atoms. The minimum Gasteiger partial charge on any atom is -0.462 e. The summed E-state index contributed by atoms with van der Waals surface area (Å²) in [6, 6.07) is 7.32. The van der Waals surface area contributed by atoms with Crippen molar-refractivity contribution in [3.63, 3.8) is 0 Å². The summed E-state index contributed by atoms with van der Waals surface area (Å²) in [6.07, 6.45) is 1.49. The predicted molar refractivity (Wildman–Crippen MR) is 93.9 cm³/mol. The van der Waals surface area contributed by atoms with Gasteiger partial charge in [-0.2, -0.15) is 0 Å². The van der Waals surface area contributed by atoms with Gasteiger partial charge in [0.05, 0.1) is 13.2 Å². The summed E-state index contributed by atoms with van der Waals surface area (Å²) in [5, 5.41) is 0. The van der Waals surface area contributed by atoms with Crippen molar-refractivity contribution in [3.8, 4) is 0 Å². The maximum atomic E-state index is 12.3. The number of hydrogen-bond acceptors (Lipinski definition) is 5. The lowest BCUT2D eigenvalue weighted by molar-refractivity contribution is -0.148. The largest absolute Gasteiger partial charge is 0.462 e. The molecule has 1 aromatic carbocycles. The van der Waals surface area contributed by atoms with E-state index in [0.29, 0.717) is 12.1 Å². The van der Waals surface area contributed by atoms with Crippen molar-refractivity contribution in [2.45, 2.75) is 34.2 Å². The van der Waals surface area contributed by atoms with Crippen molar-refractivity contribution >= 4 is 18.0 Å². The summed E-state index contributed by atoms with van der Waals surface area (Å²) < 4.78 is 10.4. The maximum Gasteiger partial charge on any atom is 0.345 e. The van der Waals surface area contributed by atoms with Gasteiger partial charge in [-0.1, -0.05) is 52.0 Å². The van der Waals surface area contributed by atoms with Gasteiger partial charge < -0.3 is 15.2 Å². The van der Waals surface area contributed by atoms with Gasteiger partial charge in [0.15, 0.2) is 0 Å². The first-order valence-corrected chi connectivity index (χ1v) is 8.19. The van der Waals surface area contributed by atoms with E-state index in [-0.39, 0.29) is 30.6 Å². The number of carbonyl (C=O) groups is 2. The standard InChI is InChI=1S/C19H27NO4/c1-13(2)11-23-18(21)17(19(22)24-12-14(3)4)9-15-7-5-6-8-16(15)10-20/h5-9,13-14H,10-12,20H2,1-4H3. The number of nitrogens with two attached hydrogens (primary N) is 1. The highest BCUT2D eigenvalue weighted by Crippen LogP contribution is 2.15. The van der Waals surface area contributed by atoms with E-state index in [2.05, 4.69) is 0 Å². The van der Waals surface area contributed by atoms with Gasteiger partial charge in [0.25, 0.3) is 0 Å². The van der Waals surface area contributed by atoms with Crippen LogP contribution in [-0.4, -0.2) is 25.2 Å². The molecular weight excluding hydrogens is 306 g/mol. The smallest absolute Gasteiger partial charge is 0.345 e. The van der Waals surface area contributed by atoms with Gasteiger partial charge in [-0.25, -0.2) is 9.59 Å². The van der Waals surface area contributed by atoms with E-state index in [4.69, 9.17) is 15.2 Å². The Kier molecular flexibility index (Phi) is 8.19. The molecule has 0 spiro atoms. The molecule has 0 aliphatic carbocycles. The zero-order valence-electron chi connectivity index (χ0n) is 14.9. The summed E-state index contributed by atoms with van der Waals surface area (Å²) in [4.78, 5) is 24.6. The predicted octanol–water partition coefficient (Wildman–Crippen LogP) is 2.93. The summed E-state index contributed by atoms with van der Waals surface area (Å²) in [6.45, 7) is 8.50. The number of esters is 2. The first kappa shape index (κ1) is 19.9. The number of benzene rings is 1. The van der Waals surface area contributed by atoms with Gasteiger partial charge in [-0.3, -0.25) is 0 Å². The average Bonchev–Trinajstić information content (AvgIpc) is 2.55. The molecule has 0 radical (unpaired) electrons. The lowest BCUT2D eigenvalue weighted by Crippen LogP contribution is -2.21. The second-order valence-electron chi connectivity index (χ2n) is 6.45. The molecule has 0 bridgehead atoms. The molecule has 0 amide bonds. The van der Waals surface area contributed by atoms with Crippen LogP contribution in [0.3, 0.4) is 0 Å². The van der Waals surface area contributed by atoms with E-state index in [9.17, 15) is 9.59 Å². The van der Waals surface area contributed by atoms with Crippen LogP contribution >= 0.6 is 0 Å². The van der Waals surface area contributed by atoms with Crippen LogP contribution in [0.25, 0.3) is 6.08 Å². The highest BCUT2D eigenvalue weighted by Gasteiger charge is 2.22. The first-order chi connectivity index (χ1) is 11.3. The van der Waals surface area contributed by atoms with E-state index >= 15 is 0 Å². The Hall–Kier alpha value is -2.14. The Morgan fingerprint density at radius 3 is 1.96 bits per heavy atom. The third-order valence-corrected chi connectivity index (χ3v) is 3.11. The lowest BCUT2D eigenvalue weighted by Gasteiger charge is -2.12. The normalized spacial score (nSPS) is 10.6. The fourth-order valence-electron chi connectivity index (χ4n) is 1.86. The zero-order chi connectivity index (χ0) is 18.1. The Morgan fingerprint density at radius 1 is 1.00 bits per heavy atom. The highest BCUT2D eigenvalue weighted by molar-refractivity contribution is 6.17. The summed E-state index contributed by atoms with van der Waals surface area (Å²) in [5.41, 5.74) is 7.14. The summed E-state index contributed by atoms with van der Waals surface area (Å²) >= 11 is 0. The molecule has 0 aliphatic heterocycles. The minimum absolute atomic E-state index is 0.114. The molecule has 1 rings (SSSR count). The van der Waals surface area contributed by atoms with Crippen molar-refractivity contribution in [2.24, 2.45) is 17.6 Å². The molecule has 0 unspecified atom stereocenters. The van der Waals surface area contributed by atoms with Crippen LogP contribution < -0.4 is 5.73 Å². The molecule has 0 saturated heterocycles. The molecule has 0 aromatic heterocycles. The van der Waals surface area contributed by atoms with Crippen molar-refractivity contribution < 1.29 is 19.1 Å². The summed E-state index contributed by atoms with van der Waals surface area (Å²) in [5.74, 6) is -0.995. The zero-order valence-corrected chi connectivity index (χ0v) is 14.9. The molecule has 0 heterocycles. The SMILES string of the molecule is CC(C)COC(=O)C(=Cc1ccccc1CN)C(=O)OCC(C)C. The monoisotopic (exact) mass is 333 g/mol. The number of hydrogen-bond donors (Lipinski definition) is 1. The Bertz CT molecular complexity index is 565. The minimum atomic E-state index is -0.677. The molecule has 132 valence electrons. The summed E-state index contributed by atoms with van der Waals surface area (Å²) in [7, 11) is 0. The van der Waals surface area contributed by atoms with E-state index in [0.717, 1.165) is 5.56 Å². The van der Waals surface area contributed by atoms with E-state index in [1.165, 1.54) is 6.08 Å². The molecular formula is C19H27NO4. The molecule has 1 aromatic rings. The fourth-order valence-corrected chi connectivity index (χ4v) is 1.86. The lowest BCUT2D eigenvalue weighted by atomic mass is 10.0. The number of ether oxygens (including phenoxy) is 2. The van der Waals surface area contributed by atoms with E-state index in [1.807, 2.05) is 45.9 Å². The van der Waals surface area contributed by atoms with Crippen LogP contribution in [0.1, 0.15) is 38.8 Å². The van der Waals surface area contributed by atoms with Gasteiger partial charge in [0, 0.05) is 6.54 Å². The van der Waals surface area contributed by atoms with Crippen molar-refractivity contribution in [1.82, 2.24) is 0 Å². The van der Waals surface area contributed by atoms with Crippen LogP contribution in [-0.2, 0) is 25.6 Å². The number of carbonyl (C=O) groups excluding carboxylic acids is 2. The molecule has 0 fully saturated rings. The second kappa shape index (κ2) is 9.88. The van der Waals surface area contributed by atoms with Gasteiger partial charge in [0.2, 0.25) is 0 Å². The Morgan fingerprint density at radius 2 is 1.50 bits per heavy atom. The Balaban J connectivity index is 3.09. The molecule has 5 nitrogen and oxygen atoms in total. The topological polar surface area (TPSA) is 78.6 Å². The Labute approximate surface area is 143 Å². The number of rotatable bonds is 8. The van der Waals surface area contributed by atoms with Crippen LogP contribution in [0, 0.1) is 11.8 Å². The fraction of sp³-hybridized carbons (Fsp3) is 0.474. The van der Waals surface area contributed by atoms with Crippen molar-refractivity contribution in [3.05, 3.63) is 41.0 Å². The van der Waals surface area contributed by atoms with Gasteiger partial charge in [0.1, 0.15) is 5.57 Å². The highest BCUT2D eigenvalue weighted by atomic mass is 16.6. The van der Waals surface area contributed by atoms with Crippen LogP contribution in [0.2, 0.25) is 0 Å². The van der Waals surface area contributed by atoms with Gasteiger partial charge in [-0.15, -0.1) is 0 Å². The quantitative estimate of drug-likeness (QED) is 0.342. The van der Waals surface area contributed by atoms with Crippen LogP contribution in [0.15, 0.2) is 29.8 Å². The maximum absolute atomic E-state index is 12.3. The average molecular weight is 333 g/mol. The van der Waals surface area contributed by atoms with Crippen molar-refractivity contribution in [2.75, 3.05) is 13.2 Å². The third kappa shape index (κ3) is 6.54. The molecule has 0 saturated carbocycles. The second-order valence-corrected chi connectivity index (χ2v) is 6.45. The van der Waals surface area contributed by atoms with E-state index in [1.54, 1.807) is 6.07 Å². The molecule has 5 heteroatoms. The molecule has 0 aliphatic rings. The van der Waals surface area contributed by atoms with E-state index < -0.39 is 11.9 Å². The third-order valence-electron chi connectivity index (χ3n) is 3.11. The molecule has 0 atom stereocenters. The first-order valence-electron chi connectivity index (χ1n) is 8.19. The van der Waals surface area contributed by atoms with Crippen LogP contribution in [0.5, 0.6) is 0 Å². The van der Waals surface area contributed by atoms with Crippen molar-refractivity contribution in [1.29, 1.82) is 0 Å². The van der Waals surface area contributed by atoms with Gasteiger partial charge >= 0.3 is 11.9 Å².